The average Bonchev–Trinajstić information content (AvgIpc) is 2.40. The lowest BCUT2D eigenvalue weighted by Crippen LogP contribution is -2.28. The second-order valence-corrected chi connectivity index (χ2v) is 4.71. The van der Waals surface area contributed by atoms with Gasteiger partial charge in [0.2, 0.25) is 5.91 Å². The zero-order valence-corrected chi connectivity index (χ0v) is 14.0. The normalized spacial score (nSPS) is 12.4. The Morgan fingerprint density at radius 3 is 2.86 bits per heavy atom. The molecule has 2 N–H and O–H groups in total. The fourth-order valence-corrected chi connectivity index (χ4v) is 2.08. The number of carbonyl (C=O) groups is 1. The van der Waals surface area contributed by atoms with E-state index in [1.807, 2.05) is 32.3 Å². The van der Waals surface area contributed by atoms with E-state index in [2.05, 4.69) is 15.5 Å². The fraction of sp³-hybridized carbons (Fsp3) is 0.500. The molecule has 0 fully saturated rings. The molecule has 2 rings (SSSR count). The van der Waals surface area contributed by atoms with Crippen LogP contribution < -0.4 is 20.3 Å². The first-order chi connectivity index (χ1) is 9.20. The van der Waals surface area contributed by atoms with E-state index in [1.54, 1.807) is 0 Å². The molecule has 0 spiro atoms. The van der Waals surface area contributed by atoms with Crippen molar-refractivity contribution in [3.63, 3.8) is 0 Å². The van der Waals surface area contributed by atoms with Crippen molar-refractivity contribution in [3.8, 4) is 5.75 Å². The number of fused-ring (bicyclic) bond motifs is 1. The molecule has 0 aliphatic carbocycles. The minimum Gasteiger partial charge on any atom is -0.490 e. The van der Waals surface area contributed by atoms with E-state index in [9.17, 15) is 4.79 Å². The zero-order valence-electron chi connectivity index (χ0n) is 12.3. The van der Waals surface area contributed by atoms with E-state index in [-0.39, 0.29) is 30.7 Å². The van der Waals surface area contributed by atoms with Crippen molar-refractivity contribution in [2.45, 2.75) is 12.8 Å². The molecule has 7 heteroatoms. The van der Waals surface area contributed by atoms with Crippen molar-refractivity contribution in [1.29, 1.82) is 0 Å². The number of benzene rings is 1. The maximum atomic E-state index is 11.8. The number of nitrogens with zero attached hydrogens (tertiary/aromatic N) is 1. The van der Waals surface area contributed by atoms with Gasteiger partial charge in [0.15, 0.2) is 0 Å². The molecule has 0 bridgehead atoms. The maximum absolute atomic E-state index is 11.8. The van der Waals surface area contributed by atoms with Crippen molar-refractivity contribution < 1.29 is 9.53 Å². The molecule has 0 aromatic heterocycles. The van der Waals surface area contributed by atoms with Crippen LogP contribution in [0.2, 0.25) is 0 Å². The van der Waals surface area contributed by atoms with E-state index < -0.39 is 0 Å². The second kappa shape index (κ2) is 9.71. The van der Waals surface area contributed by atoms with Crippen LogP contribution in [-0.4, -0.2) is 39.7 Å². The number of ether oxygens (including phenoxy) is 1. The van der Waals surface area contributed by atoms with E-state index >= 15 is 0 Å². The molecule has 0 saturated carbocycles. The molecule has 0 atom stereocenters. The van der Waals surface area contributed by atoms with E-state index in [0.717, 1.165) is 36.6 Å². The first-order valence-corrected chi connectivity index (χ1v) is 6.63. The number of anilines is 2. The highest BCUT2D eigenvalue weighted by Gasteiger charge is 2.15. The van der Waals surface area contributed by atoms with Crippen LogP contribution in [0.4, 0.5) is 11.4 Å². The summed E-state index contributed by atoms with van der Waals surface area (Å²) in [6.07, 6.45) is 1.38. The Morgan fingerprint density at radius 1 is 1.38 bits per heavy atom. The molecule has 21 heavy (non-hydrogen) atoms. The molecule has 1 aliphatic rings. The van der Waals surface area contributed by atoms with Gasteiger partial charge in [-0.2, -0.15) is 0 Å². The maximum Gasteiger partial charge on any atom is 0.224 e. The summed E-state index contributed by atoms with van der Waals surface area (Å²) in [4.78, 5) is 13.9. The SMILES string of the molecule is CNCCCC(=O)Nc1ccc2c(c1)N(C)CCO2.Cl.Cl. The number of hydrogen-bond donors (Lipinski definition) is 2. The minimum absolute atomic E-state index is 0. The number of carbonyl (C=O) groups excluding carboxylic acids is 1. The van der Waals surface area contributed by atoms with Gasteiger partial charge in [-0.25, -0.2) is 0 Å². The molecule has 0 saturated heterocycles. The molecule has 1 aromatic carbocycles. The Hall–Kier alpha value is -1.17. The highest BCUT2D eigenvalue weighted by Crippen LogP contribution is 2.33. The van der Waals surface area contributed by atoms with Gasteiger partial charge in [0.25, 0.3) is 0 Å². The van der Waals surface area contributed by atoms with Crippen molar-refractivity contribution >= 4 is 42.1 Å². The van der Waals surface area contributed by atoms with Crippen molar-refractivity contribution in [3.05, 3.63) is 18.2 Å². The van der Waals surface area contributed by atoms with Gasteiger partial charge >= 0.3 is 0 Å². The van der Waals surface area contributed by atoms with Crippen LogP contribution in [0.15, 0.2) is 18.2 Å². The number of hydrogen-bond acceptors (Lipinski definition) is 4. The lowest BCUT2D eigenvalue weighted by molar-refractivity contribution is -0.116. The zero-order chi connectivity index (χ0) is 13.7. The molecule has 0 unspecified atom stereocenters. The van der Waals surface area contributed by atoms with Gasteiger partial charge in [0.05, 0.1) is 12.2 Å². The van der Waals surface area contributed by atoms with Gasteiger partial charge in [-0.3, -0.25) is 4.79 Å². The fourth-order valence-electron chi connectivity index (χ4n) is 2.08. The summed E-state index contributed by atoms with van der Waals surface area (Å²) in [6, 6.07) is 5.76. The van der Waals surface area contributed by atoms with Crippen LogP contribution >= 0.6 is 24.8 Å². The number of rotatable bonds is 5. The monoisotopic (exact) mass is 335 g/mol. The smallest absolute Gasteiger partial charge is 0.224 e. The summed E-state index contributed by atoms with van der Waals surface area (Å²) in [5.74, 6) is 0.927. The van der Waals surface area contributed by atoms with Crippen molar-refractivity contribution in [1.82, 2.24) is 5.32 Å². The number of halogens is 2. The number of amides is 1. The first-order valence-electron chi connectivity index (χ1n) is 6.63. The number of nitrogens with one attached hydrogen (secondary N) is 2. The summed E-state index contributed by atoms with van der Waals surface area (Å²) in [7, 11) is 3.91. The van der Waals surface area contributed by atoms with Gasteiger partial charge in [-0.05, 0) is 38.2 Å². The number of likely N-dealkylation sites (N-methyl/N-ethyl adjacent to an activating group) is 1. The molecular weight excluding hydrogens is 313 g/mol. The van der Waals surface area contributed by atoms with E-state index in [0.29, 0.717) is 13.0 Å². The predicted molar refractivity (Wildman–Crippen MR) is 91.5 cm³/mol. The summed E-state index contributed by atoms with van der Waals surface area (Å²) in [6.45, 7) is 2.43. The Bertz CT molecular complexity index is 458. The molecule has 1 aromatic rings. The third kappa shape index (κ3) is 5.61. The highest BCUT2D eigenvalue weighted by molar-refractivity contribution is 5.91. The minimum atomic E-state index is 0. The van der Waals surface area contributed by atoms with Crippen LogP contribution in [0.25, 0.3) is 0 Å². The van der Waals surface area contributed by atoms with Crippen LogP contribution in [-0.2, 0) is 4.79 Å². The summed E-state index contributed by atoms with van der Waals surface area (Å²) >= 11 is 0. The van der Waals surface area contributed by atoms with Crippen molar-refractivity contribution in [2.24, 2.45) is 0 Å². The molecule has 0 radical (unpaired) electrons. The molecule has 1 amide bonds. The van der Waals surface area contributed by atoms with Crippen LogP contribution in [0.1, 0.15) is 12.8 Å². The Kier molecular flexibility index (Phi) is 9.17. The molecule has 1 heterocycles. The van der Waals surface area contributed by atoms with Gasteiger partial charge in [0, 0.05) is 19.2 Å². The largest absolute Gasteiger partial charge is 0.490 e. The summed E-state index contributed by atoms with van der Waals surface area (Å²) in [5, 5.41) is 5.95. The van der Waals surface area contributed by atoms with Gasteiger partial charge < -0.3 is 20.3 Å². The molecular formula is C14H23Cl2N3O2. The van der Waals surface area contributed by atoms with Gasteiger partial charge in [-0.15, -0.1) is 24.8 Å². The van der Waals surface area contributed by atoms with E-state index in [1.165, 1.54) is 0 Å². The average molecular weight is 336 g/mol. The quantitative estimate of drug-likeness (QED) is 0.810. The van der Waals surface area contributed by atoms with Crippen molar-refractivity contribution in [2.75, 3.05) is 44.0 Å². The topological polar surface area (TPSA) is 53.6 Å². The third-order valence-electron chi connectivity index (χ3n) is 3.17. The Balaban J connectivity index is 0.00000200. The first kappa shape index (κ1) is 19.8. The summed E-state index contributed by atoms with van der Waals surface area (Å²) < 4.78 is 5.57. The standard InChI is InChI=1S/C14H21N3O2.2ClH/c1-15-7-3-4-14(18)16-11-5-6-13-12(10-11)17(2)8-9-19-13;;/h5-6,10,15H,3-4,7-9H2,1-2H3,(H,16,18);2*1H. The van der Waals surface area contributed by atoms with Crippen LogP contribution in [0.3, 0.4) is 0 Å². The highest BCUT2D eigenvalue weighted by atomic mass is 35.5. The Labute approximate surface area is 138 Å². The second-order valence-electron chi connectivity index (χ2n) is 4.71. The Morgan fingerprint density at radius 2 is 2.14 bits per heavy atom. The van der Waals surface area contributed by atoms with E-state index in [4.69, 9.17) is 4.74 Å². The van der Waals surface area contributed by atoms with Gasteiger partial charge in [-0.1, -0.05) is 0 Å². The molecule has 1 aliphatic heterocycles. The lowest BCUT2D eigenvalue weighted by atomic mass is 10.2. The molecule has 120 valence electrons. The third-order valence-corrected chi connectivity index (χ3v) is 3.17. The summed E-state index contributed by atoms with van der Waals surface area (Å²) in [5.41, 5.74) is 1.85. The molecule has 5 nitrogen and oxygen atoms in total. The van der Waals surface area contributed by atoms with Crippen LogP contribution in [0, 0.1) is 0 Å². The van der Waals surface area contributed by atoms with Crippen LogP contribution in [0.5, 0.6) is 5.75 Å². The predicted octanol–water partition coefficient (Wildman–Crippen LogP) is 2.30. The van der Waals surface area contributed by atoms with Gasteiger partial charge in [0.1, 0.15) is 12.4 Å². The lowest BCUT2D eigenvalue weighted by Gasteiger charge is -2.28.